The van der Waals surface area contributed by atoms with E-state index in [1.165, 1.54) is 6.07 Å². The summed E-state index contributed by atoms with van der Waals surface area (Å²) in [6.07, 6.45) is -4.44. The summed E-state index contributed by atoms with van der Waals surface area (Å²) in [4.78, 5) is 2.32. The molecule has 0 bridgehead atoms. The van der Waals surface area contributed by atoms with Gasteiger partial charge < -0.3 is 4.98 Å². The normalized spacial score (nSPS) is 12.1. The lowest BCUT2D eigenvalue weighted by atomic mass is 10.0. The van der Waals surface area contributed by atoms with Crippen LogP contribution in [-0.2, 0) is 6.18 Å². The van der Waals surface area contributed by atoms with Crippen LogP contribution < -0.4 is 0 Å². The summed E-state index contributed by atoms with van der Waals surface area (Å²) in [6.45, 7) is 0. The standard InChI is InChI=1S/C15H7Cl3F3N/c16-10-2-1-7(4-12(10)18)9-3-8-5-14(15(19,20)21)22-13(8)6-11(9)17/h1-6,22H. The Hall–Kier alpha value is -1.36. The van der Waals surface area contributed by atoms with Gasteiger partial charge in [0.05, 0.1) is 15.1 Å². The van der Waals surface area contributed by atoms with Crippen molar-refractivity contribution in [3.63, 3.8) is 0 Å². The zero-order chi connectivity index (χ0) is 16.1. The number of aromatic nitrogens is 1. The second-order valence-electron chi connectivity index (χ2n) is 4.73. The van der Waals surface area contributed by atoms with Gasteiger partial charge in [-0.05, 0) is 35.9 Å². The SMILES string of the molecule is FC(F)(F)c1cc2cc(-c3ccc(Cl)c(Cl)c3)c(Cl)cc2[nH]1. The lowest BCUT2D eigenvalue weighted by Gasteiger charge is -2.06. The summed E-state index contributed by atoms with van der Waals surface area (Å²) >= 11 is 18.0. The molecule has 114 valence electrons. The van der Waals surface area contributed by atoms with Crippen LogP contribution in [0.15, 0.2) is 36.4 Å². The van der Waals surface area contributed by atoms with Gasteiger partial charge in [0.15, 0.2) is 0 Å². The molecule has 1 aromatic heterocycles. The zero-order valence-corrected chi connectivity index (χ0v) is 13.0. The van der Waals surface area contributed by atoms with Crippen molar-refractivity contribution in [2.24, 2.45) is 0 Å². The number of hydrogen-bond acceptors (Lipinski definition) is 0. The Balaban J connectivity index is 2.18. The van der Waals surface area contributed by atoms with Crippen LogP contribution >= 0.6 is 34.8 Å². The highest BCUT2D eigenvalue weighted by Crippen LogP contribution is 2.37. The van der Waals surface area contributed by atoms with Crippen molar-refractivity contribution in [3.8, 4) is 11.1 Å². The highest BCUT2D eigenvalue weighted by atomic mass is 35.5. The van der Waals surface area contributed by atoms with Crippen LogP contribution in [0.2, 0.25) is 15.1 Å². The van der Waals surface area contributed by atoms with Gasteiger partial charge in [-0.15, -0.1) is 0 Å². The Bertz CT molecular complexity index is 868. The van der Waals surface area contributed by atoms with Crippen LogP contribution in [0.5, 0.6) is 0 Å². The Morgan fingerprint density at radius 3 is 2.18 bits per heavy atom. The number of benzene rings is 2. The van der Waals surface area contributed by atoms with Gasteiger partial charge in [0, 0.05) is 16.5 Å². The molecule has 0 atom stereocenters. The first-order valence-corrected chi connectivity index (χ1v) is 7.24. The molecule has 0 unspecified atom stereocenters. The van der Waals surface area contributed by atoms with Gasteiger partial charge in [0.2, 0.25) is 0 Å². The van der Waals surface area contributed by atoms with E-state index in [1.54, 1.807) is 24.3 Å². The predicted molar refractivity (Wildman–Crippen MR) is 83.8 cm³/mol. The Labute approximate surface area is 138 Å². The quantitative estimate of drug-likeness (QED) is 0.488. The van der Waals surface area contributed by atoms with E-state index in [0.717, 1.165) is 6.07 Å². The third-order valence-electron chi connectivity index (χ3n) is 3.24. The Morgan fingerprint density at radius 1 is 0.818 bits per heavy atom. The highest BCUT2D eigenvalue weighted by Gasteiger charge is 2.32. The number of nitrogens with one attached hydrogen (secondary N) is 1. The maximum atomic E-state index is 12.8. The van der Waals surface area contributed by atoms with E-state index >= 15 is 0 Å². The monoisotopic (exact) mass is 363 g/mol. The fourth-order valence-electron chi connectivity index (χ4n) is 2.19. The lowest BCUT2D eigenvalue weighted by molar-refractivity contribution is -0.140. The molecule has 0 fully saturated rings. The van der Waals surface area contributed by atoms with Gasteiger partial charge in [-0.25, -0.2) is 0 Å². The summed E-state index contributed by atoms with van der Waals surface area (Å²) in [5, 5.41) is 1.48. The molecule has 0 saturated heterocycles. The number of H-pyrrole nitrogens is 1. The fourth-order valence-corrected chi connectivity index (χ4v) is 2.76. The second-order valence-corrected chi connectivity index (χ2v) is 5.95. The minimum Gasteiger partial charge on any atom is -0.351 e. The second kappa shape index (κ2) is 5.37. The van der Waals surface area contributed by atoms with Gasteiger partial charge in [0.1, 0.15) is 5.69 Å². The Morgan fingerprint density at radius 2 is 1.55 bits per heavy atom. The molecular formula is C15H7Cl3F3N. The lowest BCUT2D eigenvalue weighted by Crippen LogP contribution is -2.04. The third kappa shape index (κ3) is 2.78. The van der Waals surface area contributed by atoms with Crippen LogP contribution in [0.3, 0.4) is 0 Å². The van der Waals surface area contributed by atoms with Gasteiger partial charge in [-0.1, -0.05) is 40.9 Å². The minimum absolute atomic E-state index is 0.320. The van der Waals surface area contributed by atoms with Crippen molar-refractivity contribution in [1.29, 1.82) is 0 Å². The van der Waals surface area contributed by atoms with Gasteiger partial charge in [0.25, 0.3) is 0 Å². The first-order valence-electron chi connectivity index (χ1n) is 6.10. The van der Waals surface area contributed by atoms with Crippen molar-refractivity contribution < 1.29 is 13.2 Å². The molecule has 2 aromatic carbocycles. The third-order valence-corrected chi connectivity index (χ3v) is 4.30. The number of alkyl halides is 3. The van der Waals surface area contributed by atoms with Crippen molar-refractivity contribution in [1.82, 2.24) is 4.98 Å². The molecule has 3 aromatic rings. The smallest absolute Gasteiger partial charge is 0.351 e. The molecule has 0 spiro atoms. The number of fused-ring (bicyclic) bond motifs is 1. The van der Waals surface area contributed by atoms with E-state index in [2.05, 4.69) is 4.98 Å². The van der Waals surface area contributed by atoms with E-state index in [9.17, 15) is 13.2 Å². The van der Waals surface area contributed by atoms with Crippen molar-refractivity contribution in [2.75, 3.05) is 0 Å². The molecule has 1 N–H and O–H groups in total. The van der Waals surface area contributed by atoms with Crippen LogP contribution in [-0.4, -0.2) is 4.98 Å². The number of aromatic amines is 1. The van der Waals surface area contributed by atoms with E-state index in [-0.39, 0.29) is 0 Å². The molecule has 0 aliphatic heterocycles. The molecule has 0 aliphatic rings. The summed E-state index contributed by atoms with van der Waals surface area (Å²) in [5.74, 6) is 0. The van der Waals surface area contributed by atoms with Crippen LogP contribution in [0.4, 0.5) is 13.2 Å². The maximum Gasteiger partial charge on any atom is 0.431 e. The predicted octanol–water partition coefficient (Wildman–Crippen LogP) is 6.81. The molecule has 0 radical (unpaired) electrons. The molecule has 0 amide bonds. The van der Waals surface area contributed by atoms with E-state index in [1.807, 2.05) is 0 Å². The summed E-state index contributed by atoms with van der Waals surface area (Å²) < 4.78 is 38.3. The van der Waals surface area contributed by atoms with Crippen LogP contribution in [0.1, 0.15) is 5.69 Å². The van der Waals surface area contributed by atoms with Gasteiger partial charge in [-0.2, -0.15) is 13.2 Å². The summed E-state index contributed by atoms with van der Waals surface area (Å²) in [7, 11) is 0. The Kier molecular flexibility index (Phi) is 3.79. The van der Waals surface area contributed by atoms with Crippen LogP contribution in [0.25, 0.3) is 22.0 Å². The van der Waals surface area contributed by atoms with Gasteiger partial charge >= 0.3 is 6.18 Å². The van der Waals surface area contributed by atoms with E-state index in [0.29, 0.717) is 37.1 Å². The molecule has 0 saturated carbocycles. The topological polar surface area (TPSA) is 15.8 Å². The summed E-state index contributed by atoms with van der Waals surface area (Å²) in [5.41, 5.74) is 0.766. The summed E-state index contributed by atoms with van der Waals surface area (Å²) in [6, 6.07) is 9.03. The average molecular weight is 365 g/mol. The van der Waals surface area contributed by atoms with Crippen LogP contribution in [0, 0.1) is 0 Å². The highest BCUT2D eigenvalue weighted by molar-refractivity contribution is 6.42. The number of rotatable bonds is 1. The zero-order valence-electron chi connectivity index (χ0n) is 10.7. The molecule has 22 heavy (non-hydrogen) atoms. The number of hydrogen-bond donors (Lipinski definition) is 1. The molecule has 3 rings (SSSR count). The fraction of sp³-hybridized carbons (Fsp3) is 0.0667. The first-order chi connectivity index (χ1) is 10.3. The van der Waals surface area contributed by atoms with Crippen molar-refractivity contribution >= 4 is 45.7 Å². The largest absolute Gasteiger partial charge is 0.431 e. The first kappa shape index (κ1) is 15.5. The number of halogens is 6. The van der Waals surface area contributed by atoms with Crippen molar-refractivity contribution in [2.45, 2.75) is 6.18 Å². The van der Waals surface area contributed by atoms with Crippen molar-refractivity contribution in [3.05, 3.63) is 57.2 Å². The molecule has 1 nitrogen and oxygen atoms in total. The minimum atomic E-state index is -4.44. The molecule has 1 heterocycles. The molecule has 7 heteroatoms. The average Bonchev–Trinajstić information content (AvgIpc) is 2.84. The van der Waals surface area contributed by atoms with E-state index < -0.39 is 11.9 Å². The maximum absolute atomic E-state index is 12.8. The molecule has 0 aliphatic carbocycles. The molecular weight excluding hydrogens is 358 g/mol. The van der Waals surface area contributed by atoms with Gasteiger partial charge in [-0.3, -0.25) is 0 Å². The van der Waals surface area contributed by atoms with E-state index in [4.69, 9.17) is 34.8 Å².